The summed E-state index contributed by atoms with van der Waals surface area (Å²) in [7, 11) is 0. The van der Waals surface area contributed by atoms with Crippen LogP contribution in [0.1, 0.15) is 30.5 Å². The fraction of sp³-hybridized carbons (Fsp3) is 0.222. The Balaban J connectivity index is 2.12. The van der Waals surface area contributed by atoms with Gasteiger partial charge < -0.3 is 5.73 Å². The number of hydrogen-bond donors (Lipinski definition) is 1. The van der Waals surface area contributed by atoms with Crippen molar-refractivity contribution in [2.45, 2.75) is 20.3 Å². The summed E-state index contributed by atoms with van der Waals surface area (Å²) in [5.74, 6) is 6.98. The van der Waals surface area contributed by atoms with E-state index in [0.717, 1.165) is 23.2 Å². The zero-order valence-corrected chi connectivity index (χ0v) is 11.5. The maximum atomic E-state index is 5.73. The number of benzene rings is 2. The third-order valence-corrected chi connectivity index (χ3v) is 2.84. The minimum Gasteiger partial charge on any atom is -0.399 e. The number of nitrogen functional groups attached to an aromatic ring is 1. The first-order valence-electron chi connectivity index (χ1n) is 6.60. The van der Waals surface area contributed by atoms with Gasteiger partial charge in [0, 0.05) is 16.8 Å². The fourth-order valence-electron chi connectivity index (χ4n) is 1.96. The summed E-state index contributed by atoms with van der Waals surface area (Å²) in [4.78, 5) is 0. The van der Waals surface area contributed by atoms with Gasteiger partial charge in [-0.25, -0.2) is 0 Å². The molecule has 1 nitrogen and oxygen atoms in total. The largest absolute Gasteiger partial charge is 0.399 e. The highest BCUT2D eigenvalue weighted by atomic mass is 14.5. The van der Waals surface area contributed by atoms with Gasteiger partial charge in [-0.3, -0.25) is 0 Å². The summed E-state index contributed by atoms with van der Waals surface area (Å²) < 4.78 is 0. The fourth-order valence-corrected chi connectivity index (χ4v) is 1.96. The minimum absolute atomic E-state index is 0.684. The lowest BCUT2D eigenvalue weighted by Gasteiger charge is -2.04. The van der Waals surface area contributed by atoms with Crippen LogP contribution in [0.4, 0.5) is 5.69 Å². The van der Waals surface area contributed by atoms with Crippen LogP contribution in [0.25, 0.3) is 0 Å². The zero-order valence-electron chi connectivity index (χ0n) is 11.5. The molecule has 96 valence electrons. The Bertz CT molecular complexity index is 598. The molecule has 0 aliphatic rings. The van der Waals surface area contributed by atoms with Gasteiger partial charge in [0.1, 0.15) is 0 Å². The lowest BCUT2D eigenvalue weighted by Crippen LogP contribution is -1.93. The molecular weight excluding hydrogens is 230 g/mol. The third-order valence-electron chi connectivity index (χ3n) is 2.84. The Morgan fingerprint density at radius 2 is 1.63 bits per heavy atom. The molecule has 19 heavy (non-hydrogen) atoms. The molecule has 0 saturated carbocycles. The van der Waals surface area contributed by atoms with Gasteiger partial charge in [-0.05, 0) is 48.2 Å². The Morgan fingerprint density at radius 1 is 0.947 bits per heavy atom. The van der Waals surface area contributed by atoms with Crippen LogP contribution >= 0.6 is 0 Å². The average Bonchev–Trinajstić information content (AvgIpc) is 2.37. The summed E-state index contributed by atoms with van der Waals surface area (Å²) in [6.07, 6.45) is 1.11. The van der Waals surface area contributed by atoms with Gasteiger partial charge in [0.2, 0.25) is 0 Å². The van der Waals surface area contributed by atoms with Gasteiger partial charge in [0.05, 0.1) is 0 Å². The van der Waals surface area contributed by atoms with E-state index in [-0.39, 0.29) is 0 Å². The van der Waals surface area contributed by atoms with E-state index in [9.17, 15) is 0 Å². The molecular formula is C18H19N. The van der Waals surface area contributed by atoms with Crippen molar-refractivity contribution in [2.24, 2.45) is 5.92 Å². The highest BCUT2D eigenvalue weighted by Crippen LogP contribution is 2.10. The standard InChI is InChI=1S/C18H19N/c1-14(2)12-17-10-7-15(8-11-17)6-9-16-4-3-5-18(19)13-16/h3-5,7-8,10-11,13-14H,12,19H2,1-2H3. The van der Waals surface area contributed by atoms with Crippen molar-refractivity contribution in [3.63, 3.8) is 0 Å². The van der Waals surface area contributed by atoms with Crippen LogP contribution in [0.15, 0.2) is 48.5 Å². The molecule has 1 heteroatoms. The molecule has 0 aliphatic carbocycles. The predicted octanol–water partition coefficient (Wildman–Crippen LogP) is 3.87. The van der Waals surface area contributed by atoms with Gasteiger partial charge in [-0.15, -0.1) is 0 Å². The molecule has 2 N–H and O–H groups in total. The van der Waals surface area contributed by atoms with Crippen LogP contribution in [0.3, 0.4) is 0 Å². The molecule has 2 rings (SSSR count). The number of anilines is 1. The maximum absolute atomic E-state index is 5.73. The summed E-state index contributed by atoms with van der Waals surface area (Å²) >= 11 is 0. The van der Waals surface area contributed by atoms with E-state index in [1.807, 2.05) is 24.3 Å². The van der Waals surface area contributed by atoms with Crippen LogP contribution in [0.5, 0.6) is 0 Å². The summed E-state index contributed by atoms with van der Waals surface area (Å²) in [6, 6.07) is 16.1. The molecule has 0 saturated heterocycles. The van der Waals surface area contributed by atoms with Gasteiger partial charge >= 0.3 is 0 Å². The molecule has 0 radical (unpaired) electrons. The monoisotopic (exact) mass is 249 g/mol. The molecule has 0 heterocycles. The van der Waals surface area contributed by atoms with Crippen molar-refractivity contribution in [3.8, 4) is 11.8 Å². The minimum atomic E-state index is 0.684. The Hall–Kier alpha value is -2.20. The normalized spacial score (nSPS) is 10.1. The van der Waals surface area contributed by atoms with E-state index < -0.39 is 0 Å². The second-order valence-electron chi connectivity index (χ2n) is 5.17. The molecule has 0 atom stereocenters. The van der Waals surface area contributed by atoms with Crippen molar-refractivity contribution >= 4 is 5.69 Å². The second kappa shape index (κ2) is 6.11. The lowest BCUT2D eigenvalue weighted by atomic mass is 10.0. The molecule has 0 fully saturated rings. The van der Waals surface area contributed by atoms with Crippen LogP contribution in [0.2, 0.25) is 0 Å². The number of rotatable bonds is 2. The molecule has 0 bridgehead atoms. The molecule has 0 spiro atoms. The molecule has 0 aliphatic heterocycles. The molecule has 2 aromatic carbocycles. The van der Waals surface area contributed by atoms with Crippen LogP contribution in [-0.2, 0) is 6.42 Å². The first-order chi connectivity index (χ1) is 9.13. The van der Waals surface area contributed by atoms with Crippen molar-refractivity contribution in [2.75, 3.05) is 5.73 Å². The Labute approximate surface area is 115 Å². The quantitative estimate of drug-likeness (QED) is 0.634. The van der Waals surface area contributed by atoms with Crippen molar-refractivity contribution < 1.29 is 0 Å². The van der Waals surface area contributed by atoms with Crippen LogP contribution in [0, 0.1) is 17.8 Å². The first-order valence-corrected chi connectivity index (χ1v) is 6.60. The van der Waals surface area contributed by atoms with E-state index in [2.05, 4.69) is 50.0 Å². The van der Waals surface area contributed by atoms with E-state index >= 15 is 0 Å². The third kappa shape index (κ3) is 4.19. The van der Waals surface area contributed by atoms with Crippen molar-refractivity contribution in [1.29, 1.82) is 0 Å². The summed E-state index contributed by atoms with van der Waals surface area (Å²) in [5.41, 5.74) is 9.83. The molecule has 0 unspecified atom stereocenters. The highest BCUT2D eigenvalue weighted by Gasteiger charge is 1.97. The number of nitrogens with two attached hydrogens (primary N) is 1. The SMILES string of the molecule is CC(C)Cc1ccc(C#Cc2cccc(N)c2)cc1. The van der Waals surface area contributed by atoms with E-state index in [1.54, 1.807) is 0 Å². The van der Waals surface area contributed by atoms with Gasteiger partial charge in [-0.1, -0.05) is 43.9 Å². The molecule has 0 amide bonds. The van der Waals surface area contributed by atoms with E-state index in [0.29, 0.717) is 5.92 Å². The first kappa shape index (κ1) is 13.2. The smallest absolute Gasteiger partial charge is 0.0326 e. The van der Waals surface area contributed by atoms with E-state index in [4.69, 9.17) is 5.73 Å². The average molecular weight is 249 g/mol. The highest BCUT2D eigenvalue weighted by molar-refractivity contribution is 5.49. The van der Waals surface area contributed by atoms with Gasteiger partial charge in [0.25, 0.3) is 0 Å². The number of hydrogen-bond acceptors (Lipinski definition) is 1. The summed E-state index contributed by atoms with van der Waals surface area (Å²) in [5, 5.41) is 0. The predicted molar refractivity (Wildman–Crippen MR) is 81.8 cm³/mol. The summed E-state index contributed by atoms with van der Waals surface area (Å²) in [6.45, 7) is 4.46. The van der Waals surface area contributed by atoms with Gasteiger partial charge in [-0.2, -0.15) is 0 Å². The van der Waals surface area contributed by atoms with Crippen molar-refractivity contribution in [1.82, 2.24) is 0 Å². The topological polar surface area (TPSA) is 26.0 Å². The lowest BCUT2D eigenvalue weighted by molar-refractivity contribution is 0.647. The molecule has 2 aromatic rings. The van der Waals surface area contributed by atoms with Gasteiger partial charge in [0.15, 0.2) is 0 Å². The zero-order chi connectivity index (χ0) is 13.7. The maximum Gasteiger partial charge on any atom is 0.0326 e. The Kier molecular flexibility index (Phi) is 4.26. The van der Waals surface area contributed by atoms with Crippen molar-refractivity contribution in [3.05, 3.63) is 65.2 Å². The van der Waals surface area contributed by atoms with E-state index in [1.165, 1.54) is 5.56 Å². The second-order valence-corrected chi connectivity index (χ2v) is 5.17. The van der Waals surface area contributed by atoms with Crippen LogP contribution < -0.4 is 5.73 Å². The van der Waals surface area contributed by atoms with Crippen LogP contribution in [-0.4, -0.2) is 0 Å². The Morgan fingerprint density at radius 3 is 2.26 bits per heavy atom. The molecule has 0 aromatic heterocycles.